The molecule has 0 bridgehead atoms. The summed E-state index contributed by atoms with van der Waals surface area (Å²) in [6.45, 7) is 2.72. The third kappa shape index (κ3) is 4.13. The number of anilines is 3. The quantitative estimate of drug-likeness (QED) is 0.587. The number of hydrogen-bond acceptors (Lipinski definition) is 6. The topological polar surface area (TPSA) is 95.6 Å². The number of aromatic nitrogens is 2. The second-order valence-electron chi connectivity index (χ2n) is 6.47. The van der Waals surface area contributed by atoms with Crippen molar-refractivity contribution in [1.29, 1.82) is 0 Å². The van der Waals surface area contributed by atoms with Gasteiger partial charge in [0.25, 0.3) is 5.95 Å². The van der Waals surface area contributed by atoms with Crippen LogP contribution in [0.3, 0.4) is 0 Å². The van der Waals surface area contributed by atoms with Crippen LogP contribution in [0.5, 0.6) is 0 Å². The van der Waals surface area contributed by atoms with E-state index in [1.165, 1.54) is 12.1 Å². The first-order chi connectivity index (χ1) is 13.0. The summed E-state index contributed by atoms with van der Waals surface area (Å²) in [6, 6.07) is 6.72. The average molecular weight is 375 g/mol. The van der Waals surface area contributed by atoms with Crippen LogP contribution in [0.2, 0.25) is 0 Å². The van der Waals surface area contributed by atoms with E-state index < -0.39 is 10.8 Å². The summed E-state index contributed by atoms with van der Waals surface area (Å²) in [7, 11) is 0. The molecular weight excluding hydrogens is 353 g/mol. The Morgan fingerprint density at radius 3 is 2.74 bits per heavy atom. The van der Waals surface area contributed by atoms with Crippen molar-refractivity contribution in [1.82, 2.24) is 9.97 Å². The first-order valence-corrected chi connectivity index (χ1v) is 8.99. The molecule has 0 amide bonds. The molecule has 2 aromatic rings. The lowest BCUT2D eigenvalue weighted by atomic mass is 10.2. The minimum atomic E-state index is -0.615. The van der Waals surface area contributed by atoms with Gasteiger partial charge in [-0.25, -0.2) is 19.5 Å². The molecule has 9 heteroatoms. The molecule has 2 heterocycles. The molecule has 1 fully saturated rings. The number of halogens is 1. The van der Waals surface area contributed by atoms with Gasteiger partial charge in [-0.3, -0.25) is 0 Å². The van der Waals surface area contributed by atoms with Crippen molar-refractivity contribution < 1.29 is 14.5 Å². The van der Waals surface area contributed by atoms with Gasteiger partial charge in [0.15, 0.2) is 5.03 Å². The number of nitro groups is 1. The minimum Gasteiger partial charge on any atom is -0.394 e. The maximum Gasteiger partial charge on any atom is 0.296 e. The third-order valence-electron chi connectivity index (χ3n) is 4.57. The van der Waals surface area contributed by atoms with Gasteiger partial charge in [-0.05, 0) is 48.5 Å². The number of aliphatic hydroxyl groups excluding tert-OH is 1. The number of nitrogens with zero attached hydrogens (tertiary/aromatic N) is 5. The van der Waals surface area contributed by atoms with E-state index in [9.17, 15) is 19.6 Å². The predicted molar refractivity (Wildman–Crippen MR) is 99.0 cm³/mol. The van der Waals surface area contributed by atoms with E-state index >= 15 is 0 Å². The first kappa shape index (κ1) is 19.0. The van der Waals surface area contributed by atoms with Crippen LogP contribution in [0.1, 0.15) is 31.9 Å². The van der Waals surface area contributed by atoms with Gasteiger partial charge in [-0.15, -0.1) is 0 Å². The van der Waals surface area contributed by atoms with Crippen LogP contribution in [0.25, 0.3) is 0 Å². The summed E-state index contributed by atoms with van der Waals surface area (Å²) in [6.07, 6.45) is 3.24. The average Bonchev–Trinajstić information content (AvgIpc) is 3.12. The lowest BCUT2D eigenvalue weighted by molar-refractivity contribution is -0.484. The molecule has 0 spiro atoms. The van der Waals surface area contributed by atoms with Gasteiger partial charge < -0.3 is 10.0 Å². The Labute approximate surface area is 156 Å². The summed E-state index contributed by atoms with van der Waals surface area (Å²) in [5.74, 6) is 0.0105. The molecule has 0 unspecified atom stereocenters. The van der Waals surface area contributed by atoms with Crippen LogP contribution in [0.15, 0.2) is 30.3 Å². The molecule has 1 atom stereocenters. The highest BCUT2D eigenvalue weighted by Gasteiger charge is 2.29. The van der Waals surface area contributed by atoms with Crippen molar-refractivity contribution in [2.45, 2.75) is 38.6 Å². The van der Waals surface area contributed by atoms with E-state index in [1.54, 1.807) is 0 Å². The standard InChI is InChI=1S/C18H22FN5O3/c1-2-4-14-11-17(22-10-3-5-16(22)12-25)21-18(20-14)23(24(26)27)15-8-6-13(19)7-9-15/h6-9,11,16,25H,2-5,10,12H2,1H3/t16-/m0/s1. The maximum absolute atomic E-state index is 13.2. The van der Waals surface area contributed by atoms with Crippen molar-refractivity contribution in [2.75, 3.05) is 23.1 Å². The van der Waals surface area contributed by atoms with Crippen molar-refractivity contribution in [2.24, 2.45) is 0 Å². The van der Waals surface area contributed by atoms with Crippen molar-refractivity contribution in [3.05, 3.63) is 52.0 Å². The molecular formula is C18H22FN5O3. The Balaban J connectivity index is 2.06. The van der Waals surface area contributed by atoms with Crippen LogP contribution in [-0.4, -0.2) is 39.3 Å². The largest absolute Gasteiger partial charge is 0.394 e. The minimum absolute atomic E-state index is 0.000635. The monoisotopic (exact) mass is 375 g/mol. The van der Waals surface area contributed by atoms with E-state index in [0.29, 0.717) is 17.9 Å². The van der Waals surface area contributed by atoms with Crippen LogP contribution in [0, 0.1) is 15.9 Å². The summed E-state index contributed by atoms with van der Waals surface area (Å²) in [4.78, 5) is 22.4. The van der Waals surface area contributed by atoms with E-state index in [0.717, 1.165) is 42.9 Å². The van der Waals surface area contributed by atoms with Gasteiger partial charge in [0.1, 0.15) is 17.3 Å². The lowest BCUT2D eigenvalue weighted by Crippen LogP contribution is -2.34. The lowest BCUT2D eigenvalue weighted by Gasteiger charge is -2.25. The van der Waals surface area contributed by atoms with E-state index in [1.807, 2.05) is 17.9 Å². The van der Waals surface area contributed by atoms with Crippen LogP contribution >= 0.6 is 0 Å². The molecule has 27 heavy (non-hydrogen) atoms. The predicted octanol–water partition coefficient (Wildman–Crippen LogP) is 2.86. The fourth-order valence-electron chi connectivity index (χ4n) is 3.29. The van der Waals surface area contributed by atoms with E-state index in [4.69, 9.17) is 0 Å². The van der Waals surface area contributed by atoms with Crippen molar-refractivity contribution >= 4 is 17.5 Å². The Kier molecular flexibility index (Phi) is 5.80. The normalized spacial score (nSPS) is 16.6. The highest BCUT2D eigenvalue weighted by atomic mass is 19.1. The van der Waals surface area contributed by atoms with E-state index in [2.05, 4.69) is 9.97 Å². The Bertz CT molecular complexity index is 802. The summed E-state index contributed by atoms with van der Waals surface area (Å²) >= 11 is 0. The maximum atomic E-state index is 13.2. The van der Waals surface area contributed by atoms with Crippen LogP contribution in [0.4, 0.5) is 21.8 Å². The molecule has 3 rings (SSSR count). The van der Waals surface area contributed by atoms with Crippen molar-refractivity contribution in [3.8, 4) is 0 Å². The van der Waals surface area contributed by atoms with Gasteiger partial charge >= 0.3 is 0 Å². The SMILES string of the molecule is CCCc1cc(N2CCC[C@H]2CO)nc(N(c2ccc(F)cc2)[N+](=O)[O-])n1. The molecule has 1 saturated heterocycles. The van der Waals surface area contributed by atoms with Gasteiger partial charge in [0.05, 0.1) is 12.6 Å². The number of rotatable bonds is 7. The van der Waals surface area contributed by atoms with E-state index in [-0.39, 0.29) is 24.3 Å². The molecule has 1 N–H and O–H groups in total. The zero-order chi connectivity index (χ0) is 19.4. The molecule has 0 radical (unpaired) electrons. The number of hydrogen-bond donors (Lipinski definition) is 1. The zero-order valence-corrected chi connectivity index (χ0v) is 15.1. The molecule has 1 aliphatic heterocycles. The Hall–Kier alpha value is -2.81. The van der Waals surface area contributed by atoms with Gasteiger partial charge in [-0.2, -0.15) is 4.98 Å². The second kappa shape index (κ2) is 8.26. The van der Waals surface area contributed by atoms with Gasteiger partial charge in [-0.1, -0.05) is 13.3 Å². The Morgan fingerprint density at radius 2 is 2.11 bits per heavy atom. The second-order valence-corrected chi connectivity index (χ2v) is 6.47. The molecule has 1 aromatic carbocycles. The van der Waals surface area contributed by atoms with Crippen LogP contribution in [-0.2, 0) is 6.42 Å². The molecule has 0 aliphatic carbocycles. The highest BCUT2D eigenvalue weighted by molar-refractivity contribution is 5.56. The highest BCUT2D eigenvalue weighted by Crippen LogP contribution is 2.29. The molecule has 0 saturated carbocycles. The summed E-state index contributed by atoms with van der Waals surface area (Å²) in [5.41, 5.74) is 0.858. The summed E-state index contributed by atoms with van der Waals surface area (Å²) in [5, 5.41) is 21.5. The molecule has 144 valence electrons. The fourth-order valence-corrected chi connectivity index (χ4v) is 3.29. The number of aliphatic hydroxyl groups is 1. The third-order valence-corrected chi connectivity index (χ3v) is 4.57. The number of benzene rings is 1. The molecule has 1 aliphatic rings. The molecule has 1 aromatic heterocycles. The fraction of sp³-hybridized carbons (Fsp3) is 0.444. The van der Waals surface area contributed by atoms with Gasteiger partial charge in [0.2, 0.25) is 0 Å². The summed E-state index contributed by atoms with van der Waals surface area (Å²) < 4.78 is 13.2. The van der Waals surface area contributed by atoms with Gasteiger partial charge in [0, 0.05) is 18.3 Å². The Morgan fingerprint density at radius 1 is 1.37 bits per heavy atom. The smallest absolute Gasteiger partial charge is 0.296 e. The molecule has 8 nitrogen and oxygen atoms in total. The van der Waals surface area contributed by atoms with Crippen LogP contribution < -0.4 is 9.91 Å². The zero-order valence-electron chi connectivity index (χ0n) is 15.1. The number of aryl methyl sites for hydroxylation is 1. The van der Waals surface area contributed by atoms with Crippen molar-refractivity contribution in [3.63, 3.8) is 0 Å². The number of hydrazine groups is 1. The first-order valence-electron chi connectivity index (χ1n) is 8.99.